The average molecular weight is 335 g/mol. The molecule has 4 nitrogen and oxygen atoms in total. The van der Waals surface area contributed by atoms with Crippen LogP contribution < -0.4 is 16.2 Å². The van der Waals surface area contributed by atoms with E-state index in [1.165, 1.54) is 12.1 Å². The van der Waals surface area contributed by atoms with Crippen molar-refractivity contribution in [2.75, 3.05) is 11.5 Å². The molecular weight excluding hydrogens is 319 g/mol. The van der Waals surface area contributed by atoms with Crippen LogP contribution in [0.2, 0.25) is 0 Å². The predicted octanol–water partition coefficient (Wildman–Crippen LogP) is 4.39. The Hall–Kier alpha value is -2.83. The lowest BCUT2D eigenvalue weighted by Crippen LogP contribution is -2.17. The highest BCUT2D eigenvalue weighted by Crippen LogP contribution is 2.38. The van der Waals surface area contributed by atoms with Gasteiger partial charge in [-0.2, -0.15) is 0 Å². The number of hydrogen-bond donors (Lipinski definition) is 2. The van der Waals surface area contributed by atoms with Gasteiger partial charge in [-0.25, -0.2) is 0 Å². The Labute approximate surface area is 136 Å². The van der Waals surface area contributed by atoms with Gasteiger partial charge in [0.1, 0.15) is 5.75 Å². The maximum absolute atomic E-state index is 12.4. The van der Waals surface area contributed by atoms with E-state index in [0.717, 1.165) is 11.3 Å². The first-order chi connectivity index (χ1) is 11.3. The zero-order valence-corrected chi connectivity index (χ0v) is 12.9. The fourth-order valence-corrected chi connectivity index (χ4v) is 2.83. The van der Waals surface area contributed by atoms with E-state index in [9.17, 15) is 13.2 Å². The Bertz CT molecular complexity index is 883. The molecule has 0 atom stereocenters. The normalized spacial score (nSPS) is 11.8. The van der Waals surface area contributed by atoms with E-state index in [-0.39, 0.29) is 5.75 Å². The van der Waals surface area contributed by atoms with Gasteiger partial charge >= 0.3 is 6.36 Å². The number of fused-ring (bicyclic) bond motifs is 1. The molecule has 0 fully saturated rings. The molecule has 3 rings (SSSR count). The van der Waals surface area contributed by atoms with E-state index >= 15 is 0 Å². The molecule has 0 unspecified atom stereocenters. The third-order valence-corrected chi connectivity index (χ3v) is 3.81. The van der Waals surface area contributed by atoms with Crippen LogP contribution in [0.3, 0.4) is 0 Å². The molecule has 4 N–H and O–H groups in total. The van der Waals surface area contributed by atoms with Crippen LogP contribution in [-0.4, -0.2) is 10.9 Å². The summed E-state index contributed by atoms with van der Waals surface area (Å²) in [6.45, 7) is 2.44. The summed E-state index contributed by atoms with van der Waals surface area (Å²) in [5.74, 6) is -0.272. The number of ether oxygens (including phenoxy) is 1. The van der Waals surface area contributed by atoms with Gasteiger partial charge in [0, 0.05) is 29.2 Å². The monoisotopic (exact) mass is 335 g/mol. The highest BCUT2D eigenvalue weighted by Gasteiger charge is 2.31. The first kappa shape index (κ1) is 16.0. The van der Waals surface area contributed by atoms with Crippen molar-refractivity contribution in [1.82, 2.24) is 4.57 Å². The summed E-state index contributed by atoms with van der Waals surface area (Å²) in [6, 6.07) is 11.3. The fraction of sp³-hybridized carbons (Fsp3) is 0.176. The summed E-state index contributed by atoms with van der Waals surface area (Å²) in [6.07, 6.45) is -4.73. The fourth-order valence-electron chi connectivity index (χ4n) is 2.83. The molecule has 3 aromatic rings. The number of benzene rings is 2. The first-order valence-electron chi connectivity index (χ1n) is 7.33. The van der Waals surface area contributed by atoms with E-state index in [2.05, 4.69) is 4.74 Å². The molecule has 2 aromatic carbocycles. The second-order valence-electron chi connectivity index (χ2n) is 5.36. The van der Waals surface area contributed by atoms with Gasteiger partial charge in [0.15, 0.2) is 0 Å². The van der Waals surface area contributed by atoms with Crippen LogP contribution in [0.5, 0.6) is 5.75 Å². The van der Waals surface area contributed by atoms with Gasteiger partial charge in [0.05, 0.1) is 16.9 Å². The molecule has 0 bridgehead atoms. The van der Waals surface area contributed by atoms with Gasteiger partial charge in [-0.1, -0.05) is 12.1 Å². The zero-order valence-electron chi connectivity index (χ0n) is 12.9. The predicted molar refractivity (Wildman–Crippen MR) is 88.6 cm³/mol. The number of aryl methyl sites for hydroxylation is 1. The maximum atomic E-state index is 12.4. The van der Waals surface area contributed by atoms with Crippen molar-refractivity contribution < 1.29 is 17.9 Å². The van der Waals surface area contributed by atoms with E-state index in [4.69, 9.17) is 11.5 Å². The molecule has 0 aliphatic rings. The number of nitrogen functional groups attached to an aromatic ring is 2. The Morgan fingerprint density at radius 2 is 1.71 bits per heavy atom. The molecule has 0 aliphatic heterocycles. The lowest BCUT2D eigenvalue weighted by Gasteiger charge is -2.11. The summed E-state index contributed by atoms with van der Waals surface area (Å²) < 4.78 is 43.2. The summed E-state index contributed by atoms with van der Waals surface area (Å²) in [4.78, 5) is 0. The minimum absolute atomic E-state index is 0.272. The minimum atomic E-state index is -4.73. The number of nitrogens with two attached hydrogens (primary N) is 2. The Morgan fingerprint density at radius 3 is 2.29 bits per heavy atom. The standard InChI is InChI=1S/C17H16F3N3O/c1-2-23-14-9-12(24-17(18,19)20)7-8-13(14)15(22)16(23)10-3-5-11(21)6-4-10/h3-9H,2,21-22H2,1H3. The molecule has 0 saturated carbocycles. The molecule has 0 radical (unpaired) electrons. The molecule has 0 spiro atoms. The van der Waals surface area contributed by atoms with Crippen LogP contribution in [0.4, 0.5) is 24.5 Å². The van der Waals surface area contributed by atoms with Gasteiger partial charge in [-0.05, 0) is 31.2 Å². The topological polar surface area (TPSA) is 66.2 Å². The smallest absolute Gasteiger partial charge is 0.406 e. The van der Waals surface area contributed by atoms with Crippen LogP contribution in [0.1, 0.15) is 6.92 Å². The summed E-state index contributed by atoms with van der Waals surface area (Å²) in [5.41, 5.74) is 15.3. The Balaban J connectivity index is 2.20. The first-order valence-corrected chi connectivity index (χ1v) is 7.33. The summed E-state index contributed by atoms with van der Waals surface area (Å²) >= 11 is 0. The average Bonchev–Trinajstić information content (AvgIpc) is 2.78. The second-order valence-corrected chi connectivity index (χ2v) is 5.36. The van der Waals surface area contributed by atoms with Crippen LogP contribution in [-0.2, 0) is 6.54 Å². The lowest BCUT2D eigenvalue weighted by atomic mass is 10.1. The van der Waals surface area contributed by atoms with E-state index < -0.39 is 6.36 Å². The zero-order chi connectivity index (χ0) is 17.5. The lowest BCUT2D eigenvalue weighted by molar-refractivity contribution is -0.274. The van der Waals surface area contributed by atoms with Gasteiger partial charge in [0.25, 0.3) is 0 Å². The molecule has 1 heterocycles. The van der Waals surface area contributed by atoms with E-state index in [1.807, 2.05) is 23.6 Å². The Kier molecular flexibility index (Phi) is 3.79. The third kappa shape index (κ3) is 2.84. The van der Waals surface area contributed by atoms with Crippen LogP contribution in [0.15, 0.2) is 42.5 Å². The molecular formula is C17H16F3N3O. The summed E-state index contributed by atoms with van der Waals surface area (Å²) in [5, 5.41) is 0.679. The SMILES string of the molecule is CCn1c(-c2ccc(N)cc2)c(N)c2ccc(OC(F)(F)F)cc21. The van der Waals surface area contributed by atoms with Gasteiger partial charge in [-0.3, -0.25) is 0 Å². The van der Waals surface area contributed by atoms with Crippen molar-refractivity contribution in [2.24, 2.45) is 0 Å². The largest absolute Gasteiger partial charge is 0.573 e. The second kappa shape index (κ2) is 5.67. The molecule has 7 heteroatoms. The molecule has 0 amide bonds. The number of alkyl halides is 3. The number of anilines is 2. The van der Waals surface area contributed by atoms with Crippen LogP contribution in [0.25, 0.3) is 22.2 Å². The van der Waals surface area contributed by atoms with Gasteiger partial charge < -0.3 is 20.8 Å². The van der Waals surface area contributed by atoms with Crippen molar-refractivity contribution >= 4 is 22.3 Å². The minimum Gasteiger partial charge on any atom is -0.406 e. The molecule has 126 valence electrons. The molecule has 0 saturated heterocycles. The van der Waals surface area contributed by atoms with Crippen molar-refractivity contribution in [3.8, 4) is 17.0 Å². The maximum Gasteiger partial charge on any atom is 0.573 e. The number of halogens is 3. The van der Waals surface area contributed by atoms with Gasteiger partial charge in [-0.15, -0.1) is 13.2 Å². The molecule has 24 heavy (non-hydrogen) atoms. The number of rotatable bonds is 3. The highest BCUT2D eigenvalue weighted by molar-refractivity contribution is 6.01. The van der Waals surface area contributed by atoms with Crippen molar-refractivity contribution in [1.29, 1.82) is 0 Å². The number of hydrogen-bond acceptors (Lipinski definition) is 3. The van der Waals surface area contributed by atoms with Crippen LogP contribution >= 0.6 is 0 Å². The van der Waals surface area contributed by atoms with Crippen molar-refractivity contribution in [2.45, 2.75) is 19.8 Å². The van der Waals surface area contributed by atoms with E-state index in [0.29, 0.717) is 28.8 Å². The highest BCUT2D eigenvalue weighted by atomic mass is 19.4. The Morgan fingerprint density at radius 1 is 1.04 bits per heavy atom. The van der Waals surface area contributed by atoms with E-state index in [1.54, 1.807) is 18.2 Å². The summed E-state index contributed by atoms with van der Waals surface area (Å²) in [7, 11) is 0. The third-order valence-electron chi connectivity index (χ3n) is 3.81. The van der Waals surface area contributed by atoms with Crippen LogP contribution in [0, 0.1) is 0 Å². The van der Waals surface area contributed by atoms with Crippen molar-refractivity contribution in [3.63, 3.8) is 0 Å². The number of aromatic nitrogens is 1. The quantitative estimate of drug-likeness (QED) is 0.698. The van der Waals surface area contributed by atoms with Crippen molar-refractivity contribution in [3.05, 3.63) is 42.5 Å². The van der Waals surface area contributed by atoms with Gasteiger partial charge in [0.2, 0.25) is 0 Å². The molecule has 1 aromatic heterocycles. The number of nitrogens with zero attached hydrogens (tertiary/aromatic N) is 1. The molecule has 0 aliphatic carbocycles.